The van der Waals surface area contributed by atoms with Crippen molar-refractivity contribution in [2.75, 3.05) is 11.4 Å². The van der Waals surface area contributed by atoms with E-state index in [9.17, 15) is 9.59 Å². The van der Waals surface area contributed by atoms with Gasteiger partial charge in [-0.1, -0.05) is 6.92 Å². The predicted octanol–water partition coefficient (Wildman–Crippen LogP) is 3.53. The standard InChI is InChI=1S/C20H23N3O2/c1-13(7-14(2)24)17-9-18(11-21-10-17)19-8-16-5-4-6-23(15(3)25)20(16)22-12-19/h8-13H,4-7H2,1-3H3/t13-/m0/s1. The van der Waals surface area contributed by atoms with Gasteiger partial charge in [-0.3, -0.25) is 14.7 Å². The number of anilines is 1. The predicted molar refractivity (Wildman–Crippen MR) is 97.5 cm³/mol. The lowest BCUT2D eigenvalue weighted by atomic mass is 9.94. The molecule has 2 aromatic rings. The Bertz CT molecular complexity index is 816. The van der Waals surface area contributed by atoms with Gasteiger partial charge >= 0.3 is 0 Å². The molecular weight excluding hydrogens is 314 g/mol. The summed E-state index contributed by atoms with van der Waals surface area (Å²) in [4.78, 5) is 33.8. The Labute approximate surface area is 148 Å². The van der Waals surface area contributed by atoms with Crippen molar-refractivity contribution in [3.05, 3.63) is 41.9 Å². The minimum Gasteiger partial charge on any atom is -0.300 e. The van der Waals surface area contributed by atoms with Crippen molar-refractivity contribution in [1.82, 2.24) is 9.97 Å². The van der Waals surface area contributed by atoms with Gasteiger partial charge in [-0.15, -0.1) is 0 Å². The van der Waals surface area contributed by atoms with Crippen LogP contribution in [0, 0.1) is 0 Å². The molecule has 0 aliphatic carbocycles. The zero-order valence-electron chi connectivity index (χ0n) is 15.0. The van der Waals surface area contributed by atoms with Crippen LogP contribution in [0.3, 0.4) is 0 Å². The lowest BCUT2D eigenvalue weighted by Crippen LogP contribution is -2.34. The molecule has 0 unspecified atom stereocenters. The van der Waals surface area contributed by atoms with Crippen LogP contribution >= 0.6 is 0 Å². The number of amides is 1. The number of hydrogen-bond donors (Lipinski definition) is 0. The van der Waals surface area contributed by atoms with E-state index in [4.69, 9.17) is 0 Å². The number of aryl methyl sites for hydroxylation is 1. The van der Waals surface area contributed by atoms with Gasteiger partial charge in [0.05, 0.1) is 0 Å². The third kappa shape index (κ3) is 3.76. The summed E-state index contributed by atoms with van der Waals surface area (Å²) in [6.45, 7) is 5.96. The molecule has 5 heteroatoms. The van der Waals surface area contributed by atoms with Gasteiger partial charge in [0.1, 0.15) is 11.6 Å². The van der Waals surface area contributed by atoms with Gasteiger partial charge in [0.2, 0.25) is 5.91 Å². The number of nitrogens with zero attached hydrogens (tertiary/aromatic N) is 3. The van der Waals surface area contributed by atoms with Crippen LogP contribution in [0.25, 0.3) is 11.1 Å². The van der Waals surface area contributed by atoms with Crippen LogP contribution in [0.5, 0.6) is 0 Å². The first-order chi connectivity index (χ1) is 12.0. The Morgan fingerprint density at radius 3 is 2.64 bits per heavy atom. The number of ketones is 1. The van der Waals surface area contributed by atoms with Gasteiger partial charge in [-0.2, -0.15) is 0 Å². The number of aromatic nitrogens is 2. The van der Waals surface area contributed by atoms with Crippen molar-refractivity contribution >= 4 is 17.5 Å². The second kappa shape index (κ2) is 7.13. The first-order valence-corrected chi connectivity index (χ1v) is 8.67. The number of carbonyl (C=O) groups is 2. The van der Waals surface area contributed by atoms with E-state index in [1.165, 1.54) is 0 Å². The van der Waals surface area contributed by atoms with Crippen LogP contribution < -0.4 is 4.90 Å². The molecule has 1 aliphatic heterocycles. The second-order valence-electron chi connectivity index (χ2n) is 6.80. The third-order valence-corrected chi connectivity index (χ3v) is 4.66. The topological polar surface area (TPSA) is 63.2 Å². The molecule has 0 saturated heterocycles. The van der Waals surface area contributed by atoms with Gasteiger partial charge in [-0.05, 0) is 48.9 Å². The van der Waals surface area contributed by atoms with Crippen molar-refractivity contribution < 1.29 is 9.59 Å². The molecule has 1 atom stereocenters. The molecular formula is C20H23N3O2. The molecule has 0 N–H and O–H groups in total. The maximum absolute atomic E-state index is 11.8. The third-order valence-electron chi connectivity index (χ3n) is 4.66. The molecule has 25 heavy (non-hydrogen) atoms. The van der Waals surface area contributed by atoms with Crippen LogP contribution in [0.15, 0.2) is 30.7 Å². The molecule has 0 saturated carbocycles. The van der Waals surface area contributed by atoms with Crippen molar-refractivity contribution in [1.29, 1.82) is 0 Å². The highest BCUT2D eigenvalue weighted by atomic mass is 16.2. The summed E-state index contributed by atoms with van der Waals surface area (Å²) in [6, 6.07) is 4.18. The quantitative estimate of drug-likeness (QED) is 0.856. The molecule has 0 spiro atoms. The van der Waals surface area contributed by atoms with Crippen molar-refractivity contribution in [3.8, 4) is 11.1 Å². The van der Waals surface area contributed by atoms with E-state index in [1.807, 2.05) is 19.3 Å². The second-order valence-corrected chi connectivity index (χ2v) is 6.80. The minimum absolute atomic E-state index is 0.0305. The Hall–Kier alpha value is -2.56. The molecule has 2 aromatic heterocycles. The van der Waals surface area contributed by atoms with E-state index in [0.717, 1.165) is 47.5 Å². The summed E-state index contributed by atoms with van der Waals surface area (Å²) >= 11 is 0. The van der Waals surface area contributed by atoms with Crippen molar-refractivity contribution in [2.45, 2.75) is 46.0 Å². The summed E-state index contributed by atoms with van der Waals surface area (Å²) in [5.74, 6) is 1.13. The number of Topliss-reactive ketones (excluding diaryl/α,β-unsaturated/α-hetero) is 1. The summed E-state index contributed by atoms with van der Waals surface area (Å²) in [6.07, 6.45) is 7.83. The van der Waals surface area contributed by atoms with E-state index in [2.05, 4.69) is 22.1 Å². The summed E-state index contributed by atoms with van der Waals surface area (Å²) in [5.41, 5.74) is 4.13. The summed E-state index contributed by atoms with van der Waals surface area (Å²) < 4.78 is 0. The Kier molecular flexibility index (Phi) is 4.93. The highest BCUT2D eigenvalue weighted by Gasteiger charge is 2.22. The van der Waals surface area contributed by atoms with E-state index in [-0.39, 0.29) is 17.6 Å². The highest BCUT2D eigenvalue weighted by Crippen LogP contribution is 2.30. The summed E-state index contributed by atoms with van der Waals surface area (Å²) in [5, 5.41) is 0. The molecule has 5 nitrogen and oxygen atoms in total. The number of hydrogen-bond acceptors (Lipinski definition) is 4. The Morgan fingerprint density at radius 2 is 1.92 bits per heavy atom. The van der Waals surface area contributed by atoms with E-state index >= 15 is 0 Å². The first kappa shape index (κ1) is 17.3. The van der Waals surface area contributed by atoms with Gasteiger partial charge in [-0.25, -0.2) is 4.98 Å². The van der Waals surface area contributed by atoms with Gasteiger partial charge in [0, 0.05) is 49.6 Å². The molecule has 1 amide bonds. The smallest absolute Gasteiger partial charge is 0.225 e. The van der Waals surface area contributed by atoms with E-state index in [1.54, 1.807) is 24.9 Å². The lowest BCUT2D eigenvalue weighted by molar-refractivity contribution is -0.117. The van der Waals surface area contributed by atoms with E-state index < -0.39 is 0 Å². The lowest BCUT2D eigenvalue weighted by Gasteiger charge is -2.27. The molecule has 0 bridgehead atoms. The van der Waals surface area contributed by atoms with Crippen LogP contribution in [0.1, 0.15) is 50.7 Å². The van der Waals surface area contributed by atoms with Gasteiger partial charge < -0.3 is 4.79 Å². The maximum atomic E-state index is 11.8. The fourth-order valence-electron chi connectivity index (χ4n) is 3.36. The Morgan fingerprint density at radius 1 is 1.16 bits per heavy atom. The summed E-state index contributed by atoms with van der Waals surface area (Å²) in [7, 11) is 0. The van der Waals surface area contributed by atoms with Crippen molar-refractivity contribution in [3.63, 3.8) is 0 Å². The Balaban J connectivity index is 1.93. The van der Waals surface area contributed by atoms with Crippen LogP contribution in [-0.2, 0) is 16.0 Å². The van der Waals surface area contributed by atoms with Crippen LogP contribution in [0.2, 0.25) is 0 Å². The van der Waals surface area contributed by atoms with E-state index in [0.29, 0.717) is 6.42 Å². The molecule has 0 fully saturated rings. The number of carbonyl (C=O) groups excluding carboxylic acids is 2. The minimum atomic E-state index is 0.0305. The van der Waals surface area contributed by atoms with Crippen LogP contribution in [-0.4, -0.2) is 28.2 Å². The maximum Gasteiger partial charge on any atom is 0.225 e. The number of fused-ring (bicyclic) bond motifs is 1. The van der Waals surface area contributed by atoms with Crippen molar-refractivity contribution in [2.24, 2.45) is 0 Å². The zero-order chi connectivity index (χ0) is 18.0. The average Bonchev–Trinajstić information content (AvgIpc) is 2.60. The molecule has 0 aromatic carbocycles. The normalized spacial score (nSPS) is 14.8. The average molecular weight is 337 g/mol. The van der Waals surface area contributed by atoms with Gasteiger partial charge in [0.15, 0.2) is 0 Å². The molecule has 0 radical (unpaired) electrons. The van der Waals surface area contributed by atoms with Gasteiger partial charge in [0.25, 0.3) is 0 Å². The highest BCUT2D eigenvalue weighted by molar-refractivity contribution is 5.92. The molecule has 3 rings (SSSR count). The fraction of sp³-hybridized carbons (Fsp3) is 0.400. The number of rotatable bonds is 4. The fourth-order valence-corrected chi connectivity index (χ4v) is 3.36. The van der Waals surface area contributed by atoms with Crippen LogP contribution in [0.4, 0.5) is 5.82 Å². The molecule has 1 aliphatic rings. The number of pyridine rings is 2. The molecule has 3 heterocycles. The largest absolute Gasteiger partial charge is 0.300 e. The SMILES string of the molecule is CC(=O)C[C@H](C)c1cncc(-c2cnc3c(c2)CCCN3C(C)=O)c1. The first-order valence-electron chi connectivity index (χ1n) is 8.67. The monoisotopic (exact) mass is 337 g/mol. The zero-order valence-corrected chi connectivity index (χ0v) is 15.0. The molecule has 130 valence electrons.